The Kier molecular flexibility index (Phi) is 9.70. The number of anilines is 1. The van der Waals surface area contributed by atoms with Gasteiger partial charge in [-0.25, -0.2) is 15.4 Å². The van der Waals surface area contributed by atoms with Gasteiger partial charge in [-0.3, -0.25) is 10.0 Å². The second-order valence-electron chi connectivity index (χ2n) is 8.82. The highest BCUT2D eigenvalue weighted by molar-refractivity contribution is 8.00. The predicted octanol–water partition coefficient (Wildman–Crippen LogP) is 4.78. The number of carbonyl (C=O) groups excluding carboxylic acids is 2. The van der Waals surface area contributed by atoms with Gasteiger partial charge in [0.15, 0.2) is 5.13 Å². The largest absolute Gasteiger partial charge is 0.494 e. The van der Waals surface area contributed by atoms with Crippen LogP contribution in [-0.2, 0) is 20.8 Å². The number of amides is 1. The molecule has 3 aromatic rings. The van der Waals surface area contributed by atoms with Gasteiger partial charge < -0.3 is 19.3 Å². The van der Waals surface area contributed by atoms with Crippen LogP contribution in [0.3, 0.4) is 0 Å². The maximum atomic E-state index is 11.7. The molecule has 11 heteroatoms. The van der Waals surface area contributed by atoms with Crippen LogP contribution in [0.5, 0.6) is 5.75 Å². The number of hydroxylamine groups is 1. The summed E-state index contributed by atoms with van der Waals surface area (Å²) in [5.74, 6) is 2.05. The number of nitrogens with one attached hydrogen (secondary N) is 2. The van der Waals surface area contributed by atoms with E-state index in [4.69, 9.17) is 14.4 Å². The molecular weight excluding hydrogens is 488 g/mol. The number of carbonyl (C=O) groups is 2. The summed E-state index contributed by atoms with van der Waals surface area (Å²) in [6.07, 6.45) is 5.17. The van der Waals surface area contributed by atoms with E-state index >= 15 is 0 Å². The molecule has 0 spiro atoms. The molecular formula is C24H30N4O5S2. The predicted molar refractivity (Wildman–Crippen MR) is 135 cm³/mol. The summed E-state index contributed by atoms with van der Waals surface area (Å²) in [7, 11) is 0. The van der Waals surface area contributed by atoms with Crippen LogP contribution in [0.1, 0.15) is 56.7 Å². The van der Waals surface area contributed by atoms with E-state index in [2.05, 4.69) is 36.1 Å². The first-order valence-electron chi connectivity index (χ1n) is 11.2. The molecule has 0 bridgehead atoms. The monoisotopic (exact) mass is 518 g/mol. The minimum atomic E-state index is -0.444. The summed E-state index contributed by atoms with van der Waals surface area (Å²) in [5.41, 5.74) is 2.38. The Balaban J connectivity index is 1.45. The minimum absolute atomic E-state index is 0.0693. The summed E-state index contributed by atoms with van der Waals surface area (Å²) in [5, 5.41) is 12.5. The van der Waals surface area contributed by atoms with Crippen molar-refractivity contribution in [3.63, 3.8) is 0 Å². The lowest BCUT2D eigenvalue weighted by Gasteiger charge is -2.13. The van der Waals surface area contributed by atoms with E-state index in [1.54, 1.807) is 41.8 Å². The molecule has 3 N–H and O–H groups in total. The molecule has 0 radical (unpaired) electrons. The van der Waals surface area contributed by atoms with Crippen LogP contribution in [0.2, 0.25) is 0 Å². The molecule has 188 valence electrons. The first kappa shape index (κ1) is 26.7. The lowest BCUT2D eigenvalue weighted by molar-refractivity contribution is -0.129. The molecule has 35 heavy (non-hydrogen) atoms. The maximum Gasteiger partial charge on any atom is 0.243 e. The van der Waals surface area contributed by atoms with Gasteiger partial charge in [-0.1, -0.05) is 44.2 Å². The molecule has 0 saturated heterocycles. The Bertz CT molecular complexity index is 1090. The van der Waals surface area contributed by atoms with Crippen LogP contribution in [-0.4, -0.2) is 40.5 Å². The van der Waals surface area contributed by atoms with E-state index in [-0.39, 0.29) is 17.8 Å². The Morgan fingerprint density at radius 3 is 2.69 bits per heavy atom. The summed E-state index contributed by atoms with van der Waals surface area (Å²) in [6.45, 7) is 7.04. The van der Waals surface area contributed by atoms with Crippen molar-refractivity contribution in [2.45, 2.75) is 54.9 Å². The van der Waals surface area contributed by atoms with Gasteiger partial charge in [0.2, 0.25) is 11.8 Å². The second kappa shape index (κ2) is 12.7. The molecule has 1 aromatic carbocycles. The van der Waals surface area contributed by atoms with Gasteiger partial charge in [0, 0.05) is 18.4 Å². The van der Waals surface area contributed by atoms with Crippen molar-refractivity contribution in [1.82, 2.24) is 15.4 Å². The number of aromatic nitrogens is 2. The number of thioether (sulfide) groups is 1. The molecule has 0 fully saturated rings. The number of hydrogen-bond donors (Lipinski definition) is 3. The average molecular weight is 519 g/mol. The van der Waals surface area contributed by atoms with Crippen LogP contribution >= 0.6 is 23.1 Å². The zero-order valence-corrected chi connectivity index (χ0v) is 21.6. The number of ether oxygens (including phenoxy) is 1. The van der Waals surface area contributed by atoms with Gasteiger partial charge in [-0.2, -0.15) is 0 Å². The standard InChI is InChI=1S/C24H30N4O5S2/c1-24(2,3)19-12-25-21(33-19)15-34-22-13-27-23(35-22)26-11-17(14-29)16-6-8-18(9-7-16)32-10-4-5-20(30)28-31/h6-9,12-14,17,31H,4-5,10-11,15H2,1-3H3,(H,26,27)(H,28,30). The Morgan fingerprint density at radius 1 is 1.26 bits per heavy atom. The number of aldehydes is 1. The van der Waals surface area contributed by atoms with Crippen molar-refractivity contribution < 1.29 is 24.0 Å². The maximum absolute atomic E-state index is 11.7. The summed E-state index contributed by atoms with van der Waals surface area (Å²) in [4.78, 5) is 31.4. The Morgan fingerprint density at radius 2 is 2.03 bits per heavy atom. The third-order valence-electron chi connectivity index (χ3n) is 5.00. The number of thiazole rings is 1. The van der Waals surface area contributed by atoms with E-state index in [1.165, 1.54) is 11.3 Å². The topological polar surface area (TPSA) is 127 Å². The van der Waals surface area contributed by atoms with E-state index in [0.29, 0.717) is 37.0 Å². The molecule has 1 amide bonds. The van der Waals surface area contributed by atoms with Crippen LogP contribution in [0.15, 0.2) is 45.3 Å². The number of hydrogen-bond acceptors (Lipinski definition) is 10. The van der Waals surface area contributed by atoms with E-state index in [0.717, 1.165) is 27.0 Å². The first-order chi connectivity index (χ1) is 16.8. The number of oxazole rings is 1. The fourth-order valence-electron chi connectivity index (χ4n) is 3.00. The number of rotatable bonds is 13. The zero-order chi connectivity index (χ0) is 25.3. The molecule has 2 heterocycles. The van der Waals surface area contributed by atoms with Crippen molar-refractivity contribution in [1.29, 1.82) is 0 Å². The highest BCUT2D eigenvalue weighted by Gasteiger charge is 2.19. The third-order valence-corrected chi connectivity index (χ3v) is 7.14. The normalized spacial score (nSPS) is 12.2. The van der Waals surface area contributed by atoms with Crippen molar-refractivity contribution in [3.8, 4) is 5.75 Å². The smallest absolute Gasteiger partial charge is 0.243 e. The van der Waals surface area contributed by atoms with Gasteiger partial charge in [0.25, 0.3) is 0 Å². The fourth-order valence-corrected chi connectivity index (χ4v) is 4.73. The van der Waals surface area contributed by atoms with Gasteiger partial charge in [-0.05, 0) is 24.1 Å². The fraction of sp³-hybridized carbons (Fsp3) is 0.417. The van der Waals surface area contributed by atoms with Crippen LogP contribution < -0.4 is 15.5 Å². The lowest BCUT2D eigenvalue weighted by Crippen LogP contribution is -2.18. The Hall–Kier alpha value is -2.89. The third kappa shape index (κ3) is 8.37. The second-order valence-corrected chi connectivity index (χ2v) is 11.1. The van der Waals surface area contributed by atoms with Crippen molar-refractivity contribution in [2.75, 3.05) is 18.5 Å². The number of benzene rings is 1. The van der Waals surface area contributed by atoms with Gasteiger partial charge in [0.1, 0.15) is 17.8 Å². The molecule has 2 aromatic heterocycles. The van der Waals surface area contributed by atoms with E-state index in [9.17, 15) is 9.59 Å². The summed E-state index contributed by atoms with van der Waals surface area (Å²) >= 11 is 3.13. The molecule has 0 aliphatic carbocycles. The molecule has 1 unspecified atom stereocenters. The van der Waals surface area contributed by atoms with Gasteiger partial charge in [0.05, 0.1) is 34.9 Å². The van der Waals surface area contributed by atoms with E-state index in [1.807, 2.05) is 12.1 Å². The highest BCUT2D eigenvalue weighted by Crippen LogP contribution is 2.32. The van der Waals surface area contributed by atoms with Crippen molar-refractivity contribution in [3.05, 3.63) is 53.9 Å². The Labute approximate surface area is 212 Å². The SMILES string of the molecule is CC(C)(C)c1cnc(CSc2cnc(NCC(C=O)c3ccc(OCCCC(=O)NO)cc3)s2)o1. The van der Waals surface area contributed by atoms with Gasteiger partial charge >= 0.3 is 0 Å². The lowest BCUT2D eigenvalue weighted by atomic mass is 9.94. The van der Waals surface area contributed by atoms with Crippen molar-refractivity contribution in [2.24, 2.45) is 0 Å². The minimum Gasteiger partial charge on any atom is -0.494 e. The van der Waals surface area contributed by atoms with Crippen molar-refractivity contribution >= 4 is 40.4 Å². The van der Waals surface area contributed by atoms with Gasteiger partial charge in [-0.15, -0.1) is 11.8 Å². The average Bonchev–Trinajstić information content (AvgIpc) is 3.51. The zero-order valence-electron chi connectivity index (χ0n) is 19.9. The number of nitrogens with zero attached hydrogens (tertiary/aromatic N) is 2. The molecule has 1 atom stereocenters. The molecule has 9 nitrogen and oxygen atoms in total. The molecule has 0 saturated carbocycles. The van der Waals surface area contributed by atoms with Crippen LogP contribution in [0.25, 0.3) is 0 Å². The molecule has 0 aliphatic heterocycles. The summed E-state index contributed by atoms with van der Waals surface area (Å²) in [6, 6.07) is 7.29. The first-order valence-corrected chi connectivity index (χ1v) is 13.0. The van der Waals surface area contributed by atoms with E-state index < -0.39 is 5.91 Å². The molecule has 3 rings (SSSR count). The quantitative estimate of drug-likeness (QED) is 0.0963. The molecule has 0 aliphatic rings. The highest BCUT2D eigenvalue weighted by atomic mass is 32.2. The summed E-state index contributed by atoms with van der Waals surface area (Å²) < 4.78 is 12.5. The van der Waals surface area contributed by atoms with Crippen LogP contribution in [0.4, 0.5) is 5.13 Å². The van der Waals surface area contributed by atoms with Crippen LogP contribution in [0, 0.1) is 0 Å².